The normalized spacial score (nSPS) is 21.7. The SMILES string of the molecule is COc1ccc(NC2(c3nnnn3-c3ccc(C)cc3C)CCC(C)CC2)cc1. The van der Waals surface area contributed by atoms with Gasteiger partial charge in [-0.3, -0.25) is 0 Å². The van der Waals surface area contributed by atoms with Gasteiger partial charge in [0.25, 0.3) is 0 Å². The maximum atomic E-state index is 5.31. The predicted octanol–water partition coefficient (Wildman–Crippen LogP) is 4.81. The Morgan fingerprint density at radius 2 is 1.79 bits per heavy atom. The molecule has 6 heteroatoms. The minimum atomic E-state index is -0.304. The predicted molar refractivity (Wildman–Crippen MR) is 115 cm³/mol. The molecule has 1 aliphatic rings. The molecule has 0 unspecified atom stereocenters. The Morgan fingerprint density at radius 1 is 1.07 bits per heavy atom. The van der Waals surface area contributed by atoms with Crippen LogP contribution in [-0.4, -0.2) is 27.3 Å². The van der Waals surface area contributed by atoms with Crippen molar-refractivity contribution in [3.8, 4) is 11.4 Å². The van der Waals surface area contributed by atoms with Gasteiger partial charge in [0.1, 0.15) is 5.75 Å². The van der Waals surface area contributed by atoms with Crippen molar-refractivity contribution in [3.63, 3.8) is 0 Å². The molecule has 0 radical (unpaired) electrons. The second-order valence-electron chi connectivity index (χ2n) is 8.32. The zero-order valence-electron chi connectivity index (χ0n) is 17.6. The molecule has 0 spiro atoms. The molecule has 2 aromatic carbocycles. The van der Waals surface area contributed by atoms with Crippen LogP contribution >= 0.6 is 0 Å². The van der Waals surface area contributed by atoms with E-state index in [4.69, 9.17) is 4.74 Å². The minimum Gasteiger partial charge on any atom is -0.497 e. The highest BCUT2D eigenvalue weighted by molar-refractivity contribution is 5.50. The van der Waals surface area contributed by atoms with Gasteiger partial charge in [-0.15, -0.1) is 5.10 Å². The molecular formula is C23H29N5O. The van der Waals surface area contributed by atoms with Crippen molar-refractivity contribution in [3.05, 3.63) is 59.4 Å². The summed E-state index contributed by atoms with van der Waals surface area (Å²) in [6.07, 6.45) is 4.27. The van der Waals surface area contributed by atoms with E-state index in [0.717, 1.165) is 48.6 Å². The van der Waals surface area contributed by atoms with Gasteiger partial charge in [0, 0.05) is 5.69 Å². The van der Waals surface area contributed by atoms with Crippen LogP contribution in [0.1, 0.15) is 49.6 Å². The Hall–Kier alpha value is -2.89. The number of benzene rings is 2. The Labute approximate surface area is 172 Å². The molecule has 1 aromatic heterocycles. The number of aryl methyl sites for hydroxylation is 2. The minimum absolute atomic E-state index is 0.304. The largest absolute Gasteiger partial charge is 0.497 e. The van der Waals surface area contributed by atoms with Gasteiger partial charge in [-0.25, -0.2) is 0 Å². The van der Waals surface area contributed by atoms with Crippen molar-refractivity contribution in [2.45, 2.75) is 52.0 Å². The maximum Gasteiger partial charge on any atom is 0.181 e. The lowest BCUT2D eigenvalue weighted by Gasteiger charge is -2.39. The van der Waals surface area contributed by atoms with E-state index in [2.05, 4.69) is 71.9 Å². The highest BCUT2D eigenvalue weighted by atomic mass is 16.5. The second-order valence-corrected chi connectivity index (χ2v) is 8.32. The number of rotatable bonds is 5. The van der Waals surface area contributed by atoms with E-state index >= 15 is 0 Å². The van der Waals surface area contributed by atoms with Gasteiger partial charge >= 0.3 is 0 Å². The molecule has 1 N–H and O–H groups in total. The van der Waals surface area contributed by atoms with Crippen LogP contribution in [0.15, 0.2) is 42.5 Å². The molecule has 4 rings (SSSR count). The number of anilines is 1. The van der Waals surface area contributed by atoms with Gasteiger partial charge in [0.05, 0.1) is 18.3 Å². The van der Waals surface area contributed by atoms with E-state index < -0.39 is 0 Å². The second kappa shape index (κ2) is 7.85. The number of hydrogen-bond acceptors (Lipinski definition) is 5. The van der Waals surface area contributed by atoms with Gasteiger partial charge < -0.3 is 10.1 Å². The average molecular weight is 392 g/mol. The zero-order valence-corrected chi connectivity index (χ0v) is 17.6. The van der Waals surface area contributed by atoms with Gasteiger partial charge in [-0.1, -0.05) is 24.6 Å². The fraction of sp³-hybridized carbons (Fsp3) is 0.435. The topological polar surface area (TPSA) is 64.9 Å². The third-order valence-electron chi connectivity index (χ3n) is 6.08. The molecule has 29 heavy (non-hydrogen) atoms. The molecule has 1 fully saturated rings. The summed E-state index contributed by atoms with van der Waals surface area (Å²) < 4.78 is 7.22. The standard InChI is InChI=1S/C23H29N5O/c1-16-11-13-23(14-12-16,24-19-6-8-20(29-4)9-7-19)22-25-26-27-28(22)21-10-5-17(2)15-18(21)3/h5-10,15-16,24H,11-14H2,1-4H3. The Balaban J connectivity index is 1.75. The molecule has 152 valence electrons. The number of hydrogen-bond donors (Lipinski definition) is 1. The number of tetrazole rings is 1. The number of ether oxygens (including phenoxy) is 1. The number of aromatic nitrogens is 4. The van der Waals surface area contributed by atoms with Crippen LogP contribution in [0.25, 0.3) is 5.69 Å². The van der Waals surface area contributed by atoms with Crippen LogP contribution in [0.5, 0.6) is 5.75 Å². The maximum absolute atomic E-state index is 5.31. The van der Waals surface area contributed by atoms with Crippen molar-refractivity contribution in [1.29, 1.82) is 0 Å². The molecule has 0 bridgehead atoms. The van der Waals surface area contributed by atoms with Crippen molar-refractivity contribution < 1.29 is 4.74 Å². The molecule has 1 aliphatic carbocycles. The number of nitrogens with zero attached hydrogens (tertiary/aromatic N) is 4. The van der Waals surface area contributed by atoms with Gasteiger partial charge in [0.15, 0.2) is 5.82 Å². The van der Waals surface area contributed by atoms with E-state index in [1.165, 1.54) is 11.1 Å². The highest BCUT2D eigenvalue weighted by Crippen LogP contribution is 2.42. The lowest BCUT2D eigenvalue weighted by molar-refractivity contribution is 0.255. The number of nitrogens with one attached hydrogen (secondary N) is 1. The molecule has 0 amide bonds. The highest BCUT2D eigenvalue weighted by Gasteiger charge is 2.41. The summed E-state index contributed by atoms with van der Waals surface area (Å²) in [5.41, 5.74) is 4.18. The van der Waals surface area contributed by atoms with Gasteiger partial charge in [-0.2, -0.15) is 4.68 Å². The summed E-state index contributed by atoms with van der Waals surface area (Å²) in [7, 11) is 1.69. The summed E-state index contributed by atoms with van der Waals surface area (Å²) in [5.74, 6) is 2.44. The fourth-order valence-corrected chi connectivity index (χ4v) is 4.30. The summed E-state index contributed by atoms with van der Waals surface area (Å²) in [4.78, 5) is 0. The Bertz CT molecular complexity index is 971. The van der Waals surface area contributed by atoms with Crippen molar-refractivity contribution in [2.75, 3.05) is 12.4 Å². The average Bonchev–Trinajstić information content (AvgIpc) is 3.21. The quantitative estimate of drug-likeness (QED) is 0.676. The summed E-state index contributed by atoms with van der Waals surface area (Å²) >= 11 is 0. The first-order valence-electron chi connectivity index (χ1n) is 10.3. The first-order valence-corrected chi connectivity index (χ1v) is 10.3. The third kappa shape index (κ3) is 3.84. The van der Waals surface area contributed by atoms with Gasteiger partial charge in [-0.05, 0) is 91.8 Å². The lowest BCUT2D eigenvalue weighted by atomic mass is 9.76. The number of methoxy groups -OCH3 is 1. The molecule has 6 nitrogen and oxygen atoms in total. The first kappa shape index (κ1) is 19.4. The van der Waals surface area contributed by atoms with Crippen molar-refractivity contribution in [1.82, 2.24) is 20.2 Å². The molecule has 1 heterocycles. The van der Waals surface area contributed by atoms with Crippen LogP contribution in [0.4, 0.5) is 5.69 Å². The van der Waals surface area contributed by atoms with Crippen molar-refractivity contribution in [2.24, 2.45) is 5.92 Å². The van der Waals surface area contributed by atoms with Crippen LogP contribution in [0.2, 0.25) is 0 Å². The van der Waals surface area contributed by atoms with E-state index in [1.54, 1.807) is 7.11 Å². The molecule has 0 saturated heterocycles. The monoisotopic (exact) mass is 391 g/mol. The Kier molecular flexibility index (Phi) is 5.26. The molecular weight excluding hydrogens is 362 g/mol. The molecule has 3 aromatic rings. The Morgan fingerprint density at radius 3 is 2.45 bits per heavy atom. The van der Waals surface area contributed by atoms with E-state index in [-0.39, 0.29) is 5.54 Å². The summed E-state index contributed by atoms with van der Waals surface area (Å²) in [6.45, 7) is 6.54. The zero-order chi connectivity index (χ0) is 20.4. The van der Waals surface area contributed by atoms with E-state index in [0.29, 0.717) is 5.92 Å². The molecule has 0 atom stereocenters. The smallest absolute Gasteiger partial charge is 0.181 e. The summed E-state index contributed by atoms with van der Waals surface area (Å²) in [6, 6.07) is 14.5. The van der Waals surface area contributed by atoms with Crippen LogP contribution in [0.3, 0.4) is 0 Å². The third-order valence-corrected chi connectivity index (χ3v) is 6.08. The molecule has 0 aliphatic heterocycles. The van der Waals surface area contributed by atoms with Crippen LogP contribution in [-0.2, 0) is 5.54 Å². The van der Waals surface area contributed by atoms with Crippen LogP contribution in [0, 0.1) is 19.8 Å². The fourth-order valence-electron chi connectivity index (χ4n) is 4.30. The first-order chi connectivity index (χ1) is 14.0. The summed E-state index contributed by atoms with van der Waals surface area (Å²) in [5, 5.41) is 16.8. The lowest BCUT2D eigenvalue weighted by Crippen LogP contribution is -2.41. The van der Waals surface area contributed by atoms with Crippen LogP contribution < -0.4 is 10.1 Å². The van der Waals surface area contributed by atoms with E-state index in [1.807, 2.05) is 16.8 Å². The van der Waals surface area contributed by atoms with Crippen molar-refractivity contribution >= 4 is 5.69 Å². The molecule has 1 saturated carbocycles. The van der Waals surface area contributed by atoms with E-state index in [9.17, 15) is 0 Å². The van der Waals surface area contributed by atoms with Gasteiger partial charge in [0.2, 0.25) is 0 Å².